The van der Waals surface area contributed by atoms with E-state index >= 15 is 0 Å². The number of imidazole rings is 1. The molecule has 0 radical (unpaired) electrons. The molecule has 1 aliphatic heterocycles. The maximum Gasteiger partial charge on any atom is 0.0923 e. The zero-order valence-electron chi connectivity index (χ0n) is 12.7. The third-order valence-electron chi connectivity index (χ3n) is 4.37. The third-order valence-corrected chi connectivity index (χ3v) is 4.37. The number of anilines is 1. The molecule has 1 aliphatic rings. The standard InChI is InChI=1S/C19H19N3/c1-14-2-4-15(5-3-14)17-7-6-16-8-9-22(19(16)10-17)12-18-11-20-13-21-18/h2-7,10-11,13H,8-9,12H2,1H3,(H,20,21). The lowest BCUT2D eigenvalue weighted by Crippen LogP contribution is -2.19. The molecule has 110 valence electrons. The number of nitrogens with zero attached hydrogens (tertiary/aromatic N) is 2. The van der Waals surface area contributed by atoms with Crippen LogP contribution in [0.3, 0.4) is 0 Å². The smallest absolute Gasteiger partial charge is 0.0923 e. The number of aromatic amines is 1. The van der Waals surface area contributed by atoms with E-state index in [0.29, 0.717) is 0 Å². The van der Waals surface area contributed by atoms with Crippen molar-refractivity contribution in [2.24, 2.45) is 0 Å². The molecule has 0 bridgehead atoms. The van der Waals surface area contributed by atoms with Crippen molar-refractivity contribution in [3.8, 4) is 11.1 Å². The zero-order valence-corrected chi connectivity index (χ0v) is 12.7. The summed E-state index contributed by atoms with van der Waals surface area (Å²) in [5, 5.41) is 0. The van der Waals surface area contributed by atoms with Gasteiger partial charge in [0.15, 0.2) is 0 Å². The van der Waals surface area contributed by atoms with Gasteiger partial charge in [-0.1, -0.05) is 42.0 Å². The highest BCUT2D eigenvalue weighted by Gasteiger charge is 2.20. The fourth-order valence-electron chi connectivity index (χ4n) is 3.11. The lowest BCUT2D eigenvalue weighted by molar-refractivity contribution is 0.819. The van der Waals surface area contributed by atoms with Gasteiger partial charge in [-0.3, -0.25) is 0 Å². The number of H-pyrrole nitrogens is 1. The summed E-state index contributed by atoms with van der Waals surface area (Å²) in [5.74, 6) is 0. The van der Waals surface area contributed by atoms with Gasteiger partial charge in [-0.15, -0.1) is 0 Å². The van der Waals surface area contributed by atoms with E-state index in [0.717, 1.165) is 25.2 Å². The Morgan fingerprint density at radius 3 is 2.68 bits per heavy atom. The van der Waals surface area contributed by atoms with E-state index in [1.165, 1.54) is 27.9 Å². The number of aromatic nitrogens is 2. The molecule has 4 rings (SSSR count). The second kappa shape index (κ2) is 5.34. The summed E-state index contributed by atoms with van der Waals surface area (Å²) < 4.78 is 0. The van der Waals surface area contributed by atoms with Crippen molar-refractivity contribution >= 4 is 5.69 Å². The molecule has 0 saturated carbocycles. The van der Waals surface area contributed by atoms with Crippen molar-refractivity contribution in [3.63, 3.8) is 0 Å². The van der Waals surface area contributed by atoms with Crippen LogP contribution in [0.15, 0.2) is 55.0 Å². The topological polar surface area (TPSA) is 31.9 Å². The predicted octanol–water partition coefficient (Wildman–Crippen LogP) is 3.95. The van der Waals surface area contributed by atoms with E-state index in [1.54, 1.807) is 6.33 Å². The normalized spacial score (nSPS) is 13.4. The molecular weight excluding hydrogens is 270 g/mol. The Morgan fingerprint density at radius 2 is 1.91 bits per heavy atom. The van der Waals surface area contributed by atoms with Gasteiger partial charge >= 0.3 is 0 Å². The van der Waals surface area contributed by atoms with Crippen LogP contribution >= 0.6 is 0 Å². The first-order valence-corrected chi connectivity index (χ1v) is 7.72. The lowest BCUT2D eigenvalue weighted by atomic mass is 10.0. The van der Waals surface area contributed by atoms with E-state index < -0.39 is 0 Å². The lowest BCUT2D eigenvalue weighted by Gasteiger charge is -2.19. The van der Waals surface area contributed by atoms with E-state index in [4.69, 9.17) is 0 Å². The van der Waals surface area contributed by atoms with Gasteiger partial charge in [0.05, 0.1) is 18.6 Å². The summed E-state index contributed by atoms with van der Waals surface area (Å²) in [5.41, 5.74) is 7.74. The van der Waals surface area contributed by atoms with Crippen LogP contribution in [0.25, 0.3) is 11.1 Å². The number of fused-ring (bicyclic) bond motifs is 1. The molecule has 0 fully saturated rings. The van der Waals surface area contributed by atoms with Crippen LogP contribution in [0.1, 0.15) is 16.8 Å². The molecule has 22 heavy (non-hydrogen) atoms. The molecule has 2 aromatic carbocycles. The fraction of sp³-hybridized carbons (Fsp3) is 0.211. The third kappa shape index (κ3) is 2.39. The molecule has 0 unspecified atom stereocenters. The number of benzene rings is 2. The molecule has 0 atom stereocenters. The van der Waals surface area contributed by atoms with Crippen LogP contribution in [-0.2, 0) is 13.0 Å². The first-order chi connectivity index (χ1) is 10.8. The molecule has 3 heteroatoms. The zero-order chi connectivity index (χ0) is 14.9. The van der Waals surface area contributed by atoms with E-state index in [-0.39, 0.29) is 0 Å². The number of hydrogen-bond acceptors (Lipinski definition) is 2. The Bertz CT molecular complexity index is 773. The number of aryl methyl sites for hydroxylation is 1. The van der Waals surface area contributed by atoms with Gasteiger partial charge in [0.1, 0.15) is 0 Å². The summed E-state index contributed by atoms with van der Waals surface area (Å²) in [6.45, 7) is 4.06. The van der Waals surface area contributed by atoms with Crippen LogP contribution in [-0.4, -0.2) is 16.5 Å². The van der Waals surface area contributed by atoms with Crippen LogP contribution in [0.5, 0.6) is 0 Å². The summed E-state index contributed by atoms with van der Waals surface area (Å²) >= 11 is 0. The molecule has 0 spiro atoms. The molecular formula is C19H19N3. The van der Waals surface area contributed by atoms with Crippen LogP contribution in [0.4, 0.5) is 5.69 Å². The van der Waals surface area contributed by atoms with Crippen molar-refractivity contribution in [1.82, 2.24) is 9.97 Å². The van der Waals surface area contributed by atoms with E-state index in [9.17, 15) is 0 Å². The average molecular weight is 289 g/mol. The van der Waals surface area contributed by atoms with Gasteiger partial charge < -0.3 is 9.88 Å². The second-order valence-corrected chi connectivity index (χ2v) is 5.94. The fourth-order valence-corrected chi connectivity index (χ4v) is 3.11. The van der Waals surface area contributed by atoms with Gasteiger partial charge in [-0.25, -0.2) is 4.98 Å². The molecule has 0 amide bonds. The molecule has 3 nitrogen and oxygen atoms in total. The molecule has 1 N–H and O–H groups in total. The molecule has 0 saturated heterocycles. The summed E-state index contributed by atoms with van der Waals surface area (Å²) in [4.78, 5) is 9.80. The summed E-state index contributed by atoms with van der Waals surface area (Å²) in [6.07, 6.45) is 4.84. The van der Waals surface area contributed by atoms with Crippen molar-refractivity contribution in [2.75, 3.05) is 11.4 Å². The molecule has 3 aromatic rings. The van der Waals surface area contributed by atoms with Gasteiger partial charge in [0.2, 0.25) is 0 Å². The SMILES string of the molecule is Cc1ccc(-c2ccc3c(c2)N(Cc2c[nH]cn2)CC3)cc1. The maximum atomic E-state index is 4.35. The van der Waals surface area contributed by atoms with Gasteiger partial charge in [-0.05, 0) is 36.1 Å². The highest BCUT2D eigenvalue weighted by molar-refractivity contribution is 5.72. The Morgan fingerprint density at radius 1 is 1.09 bits per heavy atom. The quantitative estimate of drug-likeness (QED) is 0.791. The van der Waals surface area contributed by atoms with Gasteiger partial charge in [-0.2, -0.15) is 0 Å². The summed E-state index contributed by atoms with van der Waals surface area (Å²) in [6, 6.07) is 15.6. The Balaban J connectivity index is 1.66. The van der Waals surface area contributed by atoms with Crippen LogP contribution in [0.2, 0.25) is 0 Å². The largest absolute Gasteiger partial charge is 0.365 e. The minimum atomic E-state index is 0.869. The monoisotopic (exact) mass is 289 g/mol. The average Bonchev–Trinajstić information content (AvgIpc) is 3.18. The van der Waals surface area contributed by atoms with Crippen molar-refractivity contribution in [1.29, 1.82) is 0 Å². The minimum absolute atomic E-state index is 0.869. The Hall–Kier alpha value is -2.55. The Kier molecular flexibility index (Phi) is 3.19. The van der Waals surface area contributed by atoms with Crippen molar-refractivity contribution in [2.45, 2.75) is 19.9 Å². The number of hydrogen-bond donors (Lipinski definition) is 1. The number of rotatable bonds is 3. The van der Waals surface area contributed by atoms with Crippen LogP contribution < -0.4 is 4.90 Å². The predicted molar refractivity (Wildman–Crippen MR) is 90.0 cm³/mol. The first-order valence-electron chi connectivity index (χ1n) is 7.72. The minimum Gasteiger partial charge on any atom is -0.365 e. The summed E-state index contributed by atoms with van der Waals surface area (Å²) in [7, 11) is 0. The van der Waals surface area contributed by atoms with Gasteiger partial charge in [0.25, 0.3) is 0 Å². The van der Waals surface area contributed by atoms with Gasteiger partial charge in [0, 0.05) is 18.4 Å². The molecule has 1 aromatic heterocycles. The number of nitrogens with one attached hydrogen (secondary N) is 1. The van der Waals surface area contributed by atoms with Crippen molar-refractivity contribution < 1.29 is 0 Å². The van der Waals surface area contributed by atoms with Crippen molar-refractivity contribution in [3.05, 3.63) is 71.8 Å². The first kappa shape index (κ1) is 13.1. The highest BCUT2D eigenvalue weighted by atomic mass is 15.2. The van der Waals surface area contributed by atoms with E-state index in [1.807, 2.05) is 6.20 Å². The molecule has 2 heterocycles. The molecule has 0 aliphatic carbocycles. The highest BCUT2D eigenvalue weighted by Crippen LogP contribution is 2.33. The maximum absolute atomic E-state index is 4.35. The van der Waals surface area contributed by atoms with Crippen LogP contribution in [0, 0.1) is 6.92 Å². The second-order valence-electron chi connectivity index (χ2n) is 5.94. The Labute approximate surface area is 130 Å². The van der Waals surface area contributed by atoms with E-state index in [2.05, 4.69) is 64.3 Å².